The molecule has 0 fully saturated rings. The molecule has 2 unspecified atom stereocenters. The summed E-state index contributed by atoms with van der Waals surface area (Å²) in [6.07, 6.45) is 0. The van der Waals surface area contributed by atoms with Crippen LogP contribution in [0.2, 0.25) is 0 Å². The Kier molecular flexibility index (Phi) is 7.09. The van der Waals surface area contributed by atoms with Crippen LogP contribution in [-0.4, -0.2) is 36.1 Å². The lowest BCUT2D eigenvalue weighted by molar-refractivity contribution is -0.124. The van der Waals surface area contributed by atoms with Crippen molar-refractivity contribution in [2.75, 3.05) is 13.2 Å². The molecule has 0 saturated heterocycles. The standard InChI is InChI=1S/C16H22F2N2O3/c1-9(2)14(16(23)19-7-10(3)8-21)20-15(22)13-11(17)5-4-6-12(13)18/h4-6,9-10,14,21H,7-8H2,1-3H3,(H,19,23)(H,20,22). The van der Waals surface area contributed by atoms with Crippen LogP contribution in [0.4, 0.5) is 8.78 Å². The van der Waals surface area contributed by atoms with Crippen molar-refractivity contribution in [2.45, 2.75) is 26.8 Å². The second kappa shape index (κ2) is 8.57. The maximum Gasteiger partial charge on any atom is 0.257 e. The minimum Gasteiger partial charge on any atom is -0.396 e. The van der Waals surface area contributed by atoms with Crippen LogP contribution in [0.15, 0.2) is 18.2 Å². The molecule has 23 heavy (non-hydrogen) atoms. The fraction of sp³-hybridized carbons (Fsp3) is 0.500. The summed E-state index contributed by atoms with van der Waals surface area (Å²) in [5, 5.41) is 13.9. The number of benzene rings is 1. The summed E-state index contributed by atoms with van der Waals surface area (Å²) in [4.78, 5) is 24.2. The molecule has 0 spiro atoms. The van der Waals surface area contributed by atoms with Crippen molar-refractivity contribution in [3.8, 4) is 0 Å². The normalized spacial score (nSPS) is 13.5. The number of aliphatic hydroxyl groups is 1. The van der Waals surface area contributed by atoms with Gasteiger partial charge in [0.25, 0.3) is 5.91 Å². The Bertz CT molecular complexity index is 544. The number of hydrogen-bond acceptors (Lipinski definition) is 3. The lowest BCUT2D eigenvalue weighted by Crippen LogP contribution is -2.50. The summed E-state index contributed by atoms with van der Waals surface area (Å²) in [5.41, 5.74) is -0.713. The lowest BCUT2D eigenvalue weighted by Gasteiger charge is -2.22. The van der Waals surface area contributed by atoms with Crippen molar-refractivity contribution >= 4 is 11.8 Å². The highest BCUT2D eigenvalue weighted by Gasteiger charge is 2.27. The van der Waals surface area contributed by atoms with E-state index >= 15 is 0 Å². The predicted molar refractivity (Wildman–Crippen MR) is 81.7 cm³/mol. The van der Waals surface area contributed by atoms with E-state index < -0.39 is 35.1 Å². The van der Waals surface area contributed by atoms with Gasteiger partial charge in [-0.2, -0.15) is 0 Å². The van der Waals surface area contributed by atoms with Gasteiger partial charge in [0.15, 0.2) is 0 Å². The van der Waals surface area contributed by atoms with E-state index in [1.807, 2.05) is 0 Å². The van der Waals surface area contributed by atoms with Crippen LogP contribution in [0.3, 0.4) is 0 Å². The highest BCUT2D eigenvalue weighted by Crippen LogP contribution is 2.13. The zero-order chi connectivity index (χ0) is 17.6. The Hall–Kier alpha value is -2.02. The van der Waals surface area contributed by atoms with Gasteiger partial charge >= 0.3 is 0 Å². The van der Waals surface area contributed by atoms with Crippen molar-refractivity contribution in [1.29, 1.82) is 0 Å². The van der Waals surface area contributed by atoms with Crippen molar-refractivity contribution in [1.82, 2.24) is 10.6 Å². The second-order valence-corrected chi connectivity index (χ2v) is 5.82. The van der Waals surface area contributed by atoms with E-state index in [1.54, 1.807) is 20.8 Å². The van der Waals surface area contributed by atoms with E-state index in [1.165, 1.54) is 0 Å². The van der Waals surface area contributed by atoms with Crippen LogP contribution < -0.4 is 10.6 Å². The predicted octanol–water partition coefficient (Wildman–Crippen LogP) is 1.46. The Morgan fingerprint density at radius 2 is 1.74 bits per heavy atom. The molecule has 1 aromatic rings. The Morgan fingerprint density at radius 1 is 1.17 bits per heavy atom. The first-order chi connectivity index (χ1) is 10.8. The maximum absolute atomic E-state index is 13.6. The fourth-order valence-corrected chi connectivity index (χ4v) is 1.91. The highest BCUT2D eigenvalue weighted by molar-refractivity contribution is 5.98. The van der Waals surface area contributed by atoms with Crippen LogP contribution in [0.1, 0.15) is 31.1 Å². The minimum atomic E-state index is -0.987. The lowest BCUT2D eigenvalue weighted by atomic mass is 10.0. The highest BCUT2D eigenvalue weighted by atomic mass is 19.1. The van der Waals surface area contributed by atoms with E-state index in [2.05, 4.69) is 10.6 Å². The molecular weight excluding hydrogens is 306 g/mol. The molecule has 1 aromatic carbocycles. The molecule has 5 nitrogen and oxygen atoms in total. The third-order valence-electron chi connectivity index (χ3n) is 3.36. The molecule has 7 heteroatoms. The number of halogens is 2. The quantitative estimate of drug-likeness (QED) is 0.709. The van der Waals surface area contributed by atoms with Crippen molar-refractivity contribution in [2.24, 2.45) is 11.8 Å². The van der Waals surface area contributed by atoms with Gasteiger partial charge in [0, 0.05) is 13.2 Å². The maximum atomic E-state index is 13.6. The Balaban J connectivity index is 2.83. The molecule has 3 N–H and O–H groups in total. The molecule has 0 saturated carbocycles. The van der Waals surface area contributed by atoms with Crippen LogP contribution >= 0.6 is 0 Å². The zero-order valence-corrected chi connectivity index (χ0v) is 13.4. The number of carbonyl (C=O) groups is 2. The number of hydrogen-bond donors (Lipinski definition) is 3. The van der Waals surface area contributed by atoms with E-state index in [0.29, 0.717) is 0 Å². The summed E-state index contributed by atoms with van der Waals surface area (Å²) < 4.78 is 27.2. The number of amides is 2. The summed E-state index contributed by atoms with van der Waals surface area (Å²) in [5.74, 6) is -3.83. The zero-order valence-electron chi connectivity index (χ0n) is 13.4. The van der Waals surface area contributed by atoms with Crippen LogP contribution in [0.5, 0.6) is 0 Å². The van der Waals surface area contributed by atoms with E-state index in [9.17, 15) is 18.4 Å². The third kappa shape index (κ3) is 5.28. The molecule has 0 aliphatic heterocycles. The summed E-state index contributed by atoms with van der Waals surface area (Å²) in [7, 11) is 0. The third-order valence-corrected chi connectivity index (χ3v) is 3.36. The van der Waals surface area contributed by atoms with Gasteiger partial charge in [-0.25, -0.2) is 8.78 Å². The molecule has 2 amide bonds. The molecule has 0 aromatic heterocycles. The van der Waals surface area contributed by atoms with Gasteiger partial charge < -0.3 is 15.7 Å². The van der Waals surface area contributed by atoms with Crippen LogP contribution in [0.25, 0.3) is 0 Å². The van der Waals surface area contributed by atoms with Gasteiger partial charge in [-0.3, -0.25) is 9.59 Å². The second-order valence-electron chi connectivity index (χ2n) is 5.82. The largest absolute Gasteiger partial charge is 0.396 e. The molecular formula is C16H22F2N2O3. The van der Waals surface area contributed by atoms with Crippen molar-refractivity contribution in [3.63, 3.8) is 0 Å². The van der Waals surface area contributed by atoms with E-state index in [4.69, 9.17) is 5.11 Å². The van der Waals surface area contributed by atoms with Gasteiger partial charge in [-0.05, 0) is 24.0 Å². The number of carbonyl (C=O) groups excluding carboxylic acids is 2. The molecule has 2 atom stereocenters. The Labute approximate surface area is 134 Å². The van der Waals surface area contributed by atoms with Crippen molar-refractivity contribution < 1.29 is 23.5 Å². The van der Waals surface area contributed by atoms with Gasteiger partial charge in [-0.15, -0.1) is 0 Å². The average Bonchev–Trinajstić information content (AvgIpc) is 2.49. The monoisotopic (exact) mass is 328 g/mol. The number of aliphatic hydroxyl groups excluding tert-OH is 1. The summed E-state index contributed by atoms with van der Waals surface area (Å²) in [6, 6.07) is 2.17. The van der Waals surface area contributed by atoms with Crippen LogP contribution in [-0.2, 0) is 4.79 Å². The smallest absolute Gasteiger partial charge is 0.257 e. The summed E-state index contributed by atoms with van der Waals surface area (Å²) >= 11 is 0. The van der Waals surface area contributed by atoms with E-state index in [0.717, 1.165) is 18.2 Å². The first kappa shape index (κ1) is 19.0. The topological polar surface area (TPSA) is 78.4 Å². The molecule has 0 radical (unpaired) electrons. The Morgan fingerprint density at radius 3 is 2.22 bits per heavy atom. The van der Waals surface area contributed by atoms with E-state index in [-0.39, 0.29) is 25.0 Å². The average molecular weight is 328 g/mol. The van der Waals surface area contributed by atoms with Gasteiger partial charge in [0.2, 0.25) is 5.91 Å². The number of nitrogens with one attached hydrogen (secondary N) is 2. The number of rotatable bonds is 7. The van der Waals surface area contributed by atoms with Crippen molar-refractivity contribution in [3.05, 3.63) is 35.4 Å². The fourth-order valence-electron chi connectivity index (χ4n) is 1.91. The van der Waals surface area contributed by atoms with Crippen LogP contribution in [0, 0.1) is 23.5 Å². The molecule has 0 bridgehead atoms. The SMILES string of the molecule is CC(CO)CNC(=O)C(NC(=O)c1c(F)cccc1F)C(C)C. The molecule has 0 aliphatic carbocycles. The molecule has 0 heterocycles. The summed E-state index contributed by atoms with van der Waals surface area (Å²) in [6.45, 7) is 5.31. The molecule has 1 rings (SSSR count). The first-order valence-corrected chi connectivity index (χ1v) is 7.41. The van der Waals surface area contributed by atoms with Gasteiger partial charge in [0.1, 0.15) is 23.2 Å². The minimum absolute atomic E-state index is 0.0839. The first-order valence-electron chi connectivity index (χ1n) is 7.41. The molecule has 0 aliphatic rings. The van der Waals surface area contributed by atoms with Gasteiger partial charge in [-0.1, -0.05) is 26.8 Å². The molecule has 128 valence electrons. The van der Waals surface area contributed by atoms with Gasteiger partial charge in [0.05, 0.1) is 0 Å².